The van der Waals surface area contributed by atoms with Crippen LogP contribution in [0.1, 0.15) is 12.1 Å². The fraction of sp³-hybridized carbons (Fsp3) is 0.167. The molecule has 3 heterocycles. The van der Waals surface area contributed by atoms with E-state index >= 15 is 0 Å². The van der Waals surface area contributed by atoms with Crippen molar-refractivity contribution >= 4 is 45.8 Å². The lowest BCUT2D eigenvalue weighted by atomic mass is 10.1. The van der Waals surface area contributed by atoms with Crippen molar-refractivity contribution in [3.8, 4) is 5.69 Å². The van der Waals surface area contributed by atoms with Crippen molar-refractivity contribution in [3.05, 3.63) is 77.6 Å². The van der Waals surface area contributed by atoms with Gasteiger partial charge in [0.15, 0.2) is 5.65 Å². The molecule has 2 aromatic heterocycles. The molecule has 1 saturated heterocycles. The minimum atomic E-state index is -0.443. The quantitative estimate of drug-likeness (QED) is 0.505. The monoisotopic (exact) mass is 445 g/mol. The van der Waals surface area contributed by atoms with Gasteiger partial charge in [-0.2, -0.15) is 5.10 Å². The zero-order chi connectivity index (χ0) is 22.2. The summed E-state index contributed by atoms with van der Waals surface area (Å²) in [7, 11) is 0. The Balaban J connectivity index is 1.34. The summed E-state index contributed by atoms with van der Waals surface area (Å²) in [5, 5.41) is 8.97. The number of carbonyl (C=O) groups is 2. The minimum absolute atomic E-state index is 0.0824. The molecule has 0 spiro atoms. The molecular formula is C24H20ClN5O2. The standard InChI is InChI=1S/C24H20ClN5O2/c1-15-21-12-18(13-26-23(21)30(28-15)20-5-3-2-4-6-20)27-24(32)16-11-22(31)29(14-16)19-9-7-17(25)8-10-19/h2-10,12-13,16H,11,14H2,1H3,(H,27,32). The second-order valence-corrected chi connectivity index (χ2v) is 8.24. The normalized spacial score (nSPS) is 16.0. The van der Waals surface area contributed by atoms with Gasteiger partial charge in [-0.25, -0.2) is 9.67 Å². The zero-order valence-electron chi connectivity index (χ0n) is 17.3. The number of rotatable bonds is 4. The number of carbonyl (C=O) groups excluding carboxylic acids is 2. The first-order valence-corrected chi connectivity index (χ1v) is 10.6. The number of benzene rings is 2. The number of para-hydroxylation sites is 1. The molecule has 0 bridgehead atoms. The molecule has 2 amide bonds. The highest BCUT2D eigenvalue weighted by molar-refractivity contribution is 6.30. The summed E-state index contributed by atoms with van der Waals surface area (Å²) in [5.41, 5.74) is 3.77. The van der Waals surface area contributed by atoms with Gasteiger partial charge in [0.2, 0.25) is 11.8 Å². The number of hydrogen-bond acceptors (Lipinski definition) is 4. The van der Waals surface area contributed by atoms with E-state index < -0.39 is 5.92 Å². The van der Waals surface area contributed by atoms with Crippen LogP contribution in [0.15, 0.2) is 66.9 Å². The molecule has 1 N–H and O–H groups in total. The van der Waals surface area contributed by atoms with Gasteiger partial charge in [0, 0.05) is 29.1 Å². The van der Waals surface area contributed by atoms with E-state index in [9.17, 15) is 9.59 Å². The van der Waals surface area contributed by atoms with Gasteiger partial charge in [0.05, 0.1) is 29.2 Å². The van der Waals surface area contributed by atoms with E-state index in [1.165, 1.54) is 0 Å². The van der Waals surface area contributed by atoms with E-state index in [1.54, 1.807) is 40.0 Å². The molecule has 0 aliphatic carbocycles. The molecule has 0 radical (unpaired) electrons. The van der Waals surface area contributed by atoms with Crippen LogP contribution in [0.25, 0.3) is 16.7 Å². The maximum absolute atomic E-state index is 12.9. The molecule has 1 atom stereocenters. The van der Waals surface area contributed by atoms with Crippen LogP contribution >= 0.6 is 11.6 Å². The number of aromatic nitrogens is 3. The Bertz CT molecular complexity index is 1320. The Morgan fingerprint density at radius 3 is 2.59 bits per heavy atom. The molecule has 1 fully saturated rings. The Kier molecular flexibility index (Phi) is 5.11. The minimum Gasteiger partial charge on any atom is -0.324 e. The molecule has 1 unspecified atom stereocenters. The van der Waals surface area contributed by atoms with E-state index in [0.717, 1.165) is 28.1 Å². The first-order valence-electron chi connectivity index (χ1n) is 10.3. The predicted molar refractivity (Wildman–Crippen MR) is 124 cm³/mol. The summed E-state index contributed by atoms with van der Waals surface area (Å²) in [6.07, 6.45) is 1.78. The van der Waals surface area contributed by atoms with E-state index in [0.29, 0.717) is 17.3 Å². The van der Waals surface area contributed by atoms with Crippen molar-refractivity contribution in [3.63, 3.8) is 0 Å². The third kappa shape index (κ3) is 3.71. The molecule has 32 heavy (non-hydrogen) atoms. The highest BCUT2D eigenvalue weighted by atomic mass is 35.5. The summed E-state index contributed by atoms with van der Waals surface area (Å²) in [5.74, 6) is -0.730. The van der Waals surface area contributed by atoms with Crippen LogP contribution in [0.2, 0.25) is 5.02 Å². The number of nitrogens with one attached hydrogen (secondary N) is 1. The Hall–Kier alpha value is -3.71. The lowest BCUT2D eigenvalue weighted by molar-refractivity contribution is -0.122. The van der Waals surface area contributed by atoms with Gasteiger partial charge in [-0.05, 0) is 49.4 Å². The van der Waals surface area contributed by atoms with Gasteiger partial charge in [-0.1, -0.05) is 29.8 Å². The smallest absolute Gasteiger partial charge is 0.229 e. The SMILES string of the molecule is Cc1nn(-c2ccccc2)c2ncc(NC(=O)C3CC(=O)N(c4ccc(Cl)cc4)C3)cc12. The second kappa shape index (κ2) is 8.09. The number of amides is 2. The van der Waals surface area contributed by atoms with Crippen LogP contribution in [0.5, 0.6) is 0 Å². The Morgan fingerprint density at radius 2 is 1.84 bits per heavy atom. The van der Waals surface area contributed by atoms with Crippen LogP contribution < -0.4 is 10.2 Å². The summed E-state index contributed by atoms with van der Waals surface area (Å²) < 4.78 is 1.79. The number of nitrogens with zero attached hydrogens (tertiary/aromatic N) is 4. The molecule has 2 aromatic carbocycles. The van der Waals surface area contributed by atoms with Gasteiger partial charge in [0.1, 0.15) is 0 Å². The van der Waals surface area contributed by atoms with Gasteiger partial charge >= 0.3 is 0 Å². The number of halogens is 1. The van der Waals surface area contributed by atoms with Crippen LogP contribution in [-0.4, -0.2) is 33.1 Å². The summed E-state index contributed by atoms with van der Waals surface area (Å²) in [6, 6.07) is 18.7. The Morgan fingerprint density at radius 1 is 1.09 bits per heavy atom. The third-order valence-electron chi connectivity index (χ3n) is 5.61. The average Bonchev–Trinajstić information content (AvgIpc) is 3.35. The molecule has 0 saturated carbocycles. The first kappa shape index (κ1) is 20.2. The second-order valence-electron chi connectivity index (χ2n) is 7.80. The zero-order valence-corrected chi connectivity index (χ0v) is 18.1. The van der Waals surface area contributed by atoms with Crippen molar-refractivity contribution < 1.29 is 9.59 Å². The van der Waals surface area contributed by atoms with Crippen molar-refractivity contribution in [1.82, 2.24) is 14.8 Å². The fourth-order valence-corrected chi connectivity index (χ4v) is 4.09. The molecule has 4 aromatic rings. The van der Waals surface area contributed by atoms with E-state index in [-0.39, 0.29) is 18.2 Å². The maximum Gasteiger partial charge on any atom is 0.229 e. The number of aryl methyl sites for hydroxylation is 1. The maximum atomic E-state index is 12.9. The largest absolute Gasteiger partial charge is 0.324 e. The van der Waals surface area contributed by atoms with Gasteiger partial charge in [-0.3, -0.25) is 9.59 Å². The predicted octanol–water partition coefficient (Wildman–Crippen LogP) is 4.37. The molecule has 160 valence electrons. The number of hydrogen-bond donors (Lipinski definition) is 1. The van der Waals surface area contributed by atoms with Gasteiger partial charge < -0.3 is 10.2 Å². The number of anilines is 2. The number of fused-ring (bicyclic) bond motifs is 1. The molecule has 7 nitrogen and oxygen atoms in total. The van der Waals surface area contributed by atoms with Crippen LogP contribution in [0.3, 0.4) is 0 Å². The molecular weight excluding hydrogens is 426 g/mol. The van der Waals surface area contributed by atoms with E-state index in [4.69, 9.17) is 11.6 Å². The highest BCUT2D eigenvalue weighted by Crippen LogP contribution is 2.28. The summed E-state index contributed by atoms with van der Waals surface area (Å²) >= 11 is 5.93. The van der Waals surface area contributed by atoms with Crippen molar-refractivity contribution in [1.29, 1.82) is 0 Å². The lowest BCUT2D eigenvalue weighted by Crippen LogP contribution is -2.28. The topological polar surface area (TPSA) is 80.1 Å². The molecule has 8 heteroatoms. The first-order chi connectivity index (χ1) is 15.5. The lowest BCUT2D eigenvalue weighted by Gasteiger charge is -2.16. The molecule has 1 aliphatic rings. The van der Waals surface area contributed by atoms with Crippen molar-refractivity contribution in [2.45, 2.75) is 13.3 Å². The van der Waals surface area contributed by atoms with Gasteiger partial charge in [-0.15, -0.1) is 0 Å². The molecule has 1 aliphatic heterocycles. The third-order valence-corrected chi connectivity index (χ3v) is 5.86. The summed E-state index contributed by atoms with van der Waals surface area (Å²) in [6.45, 7) is 2.24. The van der Waals surface area contributed by atoms with Crippen molar-refractivity contribution in [2.24, 2.45) is 5.92 Å². The molecule has 5 rings (SSSR count). The van der Waals surface area contributed by atoms with Crippen LogP contribution in [-0.2, 0) is 9.59 Å². The van der Waals surface area contributed by atoms with Gasteiger partial charge in [0.25, 0.3) is 0 Å². The van der Waals surface area contributed by atoms with E-state index in [1.807, 2.05) is 43.3 Å². The Labute approximate surface area is 189 Å². The van der Waals surface area contributed by atoms with Crippen LogP contribution in [0.4, 0.5) is 11.4 Å². The highest BCUT2D eigenvalue weighted by Gasteiger charge is 2.35. The average molecular weight is 446 g/mol. The van der Waals surface area contributed by atoms with E-state index in [2.05, 4.69) is 15.4 Å². The number of pyridine rings is 1. The van der Waals surface area contributed by atoms with Crippen molar-refractivity contribution in [2.75, 3.05) is 16.8 Å². The van der Waals surface area contributed by atoms with Crippen LogP contribution in [0, 0.1) is 12.8 Å². The fourth-order valence-electron chi connectivity index (χ4n) is 3.96. The summed E-state index contributed by atoms with van der Waals surface area (Å²) in [4.78, 5) is 31.5.